The number of rotatable bonds is 7. The van der Waals surface area contributed by atoms with Crippen LogP contribution in [0.15, 0.2) is 88.2 Å². The second-order valence-corrected chi connectivity index (χ2v) is 10.6. The fraction of sp³-hybridized carbons (Fsp3) is 0.167. The van der Waals surface area contributed by atoms with Crippen molar-refractivity contribution in [3.63, 3.8) is 0 Å². The van der Waals surface area contributed by atoms with Crippen LogP contribution in [0.4, 0.5) is 0 Å². The second kappa shape index (κ2) is 9.98. The molecule has 35 heavy (non-hydrogen) atoms. The number of sulfonamides is 1. The van der Waals surface area contributed by atoms with E-state index in [1.165, 1.54) is 11.8 Å². The van der Waals surface area contributed by atoms with Gasteiger partial charge in [0.1, 0.15) is 0 Å². The highest BCUT2D eigenvalue weighted by molar-refractivity contribution is 8.15. The first-order valence-electron chi connectivity index (χ1n) is 11.1. The van der Waals surface area contributed by atoms with E-state index in [0.29, 0.717) is 17.5 Å². The van der Waals surface area contributed by atoms with Gasteiger partial charge in [-0.25, -0.2) is 5.43 Å². The molecule has 9 nitrogen and oxygen atoms in total. The molecule has 4 aromatic rings. The Hall–Kier alpha value is -3.54. The van der Waals surface area contributed by atoms with Crippen molar-refractivity contribution in [2.75, 3.05) is 0 Å². The second-order valence-electron chi connectivity index (χ2n) is 7.87. The molecule has 1 aromatic heterocycles. The zero-order chi connectivity index (χ0) is 24.3. The first kappa shape index (κ1) is 23.2. The molecule has 1 aliphatic rings. The van der Waals surface area contributed by atoms with E-state index in [0.717, 1.165) is 28.7 Å². The van der Waals surface area contributed by atoms with Crippen LogP contribution in [0.5, 0.6) is 0 Å². The zero-order valence-corrected chi connectivity index (χ0v) is 20.5. The predicted molar refractivity (Wildman–Crippen MR) is 136 cm³/mol. The third kappa shape index (κ3) is 5.11. The van der Waals surface area contributed by atoms with Crippen LogP contribution in [0.25, 0.3) is 22.5 Å². The van der Waals surface area contributed by atoms with Crippen molar-refractivity contribution in [2.45, 2.75) is 30.2 Å². The van der Waals surface area contributed by atoms with Crippen molar-refractivity contribution in [1.29, 1.82) is 0 Å². The summed E-state index contributed by atoms with van der Waals surface area (Å²) < 4.78 is 29.8. The monoisotopic (exact) mass is 505 g/mol. The fourth-order valence-corrected chi connectivity index (χ4v) is 5.95. The van der Waals surface area contributed by atoms with Gasteiger partial charge in [-0.2, -0.15) is 13.6 Å². The number of thioether (sulfide) groups is 1. The molecule has 5 rings (SSSR count). The molecule has 0 aliphatic carbocycles. The first-order valence-corrected chi connectivity index (χ1v) is 13.4. The number of hydrogen-bond acceptors (Lipinski definition) is 7. The normalized spacial score (nSPS) is 17.2. The lowest BCUT2D eigenvalue weighted by Crippen LogP contribution is -2.37. The van der Waals surface area contributed by atoms with Crippen LogP contribution in [-0.4, -0.2) is 44.6 Å². The molecule has 2 N–H and O–H groups in total. The number of aromatic amines is 1. The molecule has 11 heteroatoms. The maximum atomic E-state index is 12.8. The van der Waals surface area contributed by atoms with Crippen molar-refractivity contribution in [1.82, 2.24) is 31.1 Å². The summed E-state index contributed by atoms with van der Waals surface area (Å²) in [6.45, 7) is 2.52. The Labute approximate surface area is 207 Å². The Bertz CT molecular complexity index is 1420. The van der Waals surface area contributed by atoms with E-state index in [2.05, 4.69) is 30.4 Å². The molecule has 0 bridgehead atoms. The highest BCUT2D eigenvalue weighted by atomic mass is 32.2. The van der Waals surface area contributed by atoms with Crippen molar-refractivity contribution >= 4 is 27.0 Å². The molecule has 2 heterocycles. The van der Waals surface area contributed by atoms with Crippen molar-refractivity contribution in [2.24, 2.45) is 4.40 Å². The van der Waals surface area contributed by atoms with Gasteiger partial charge in [0.05, 0.1) is 16.8 Å². The molecule has 0 saturated carbocycles. The van der Waals surface area contributed by atoms with Gasteiger partial charge in [0, 0.05) is 5.56 Å². The van der Waals surface area contributed by atoms with Crippen LogP contribution in [-0.2, 0) is 16.6 Å². The summed E-state index contributed by atoms with van der Waals surface area (Å²) in [4.78, 5) is 0.178. The van der Waals surface area contributed by atoms with Gasteiger partial charge >= 0.3 is 0 Å². The average Bonchev–Trinajstić information content (AvgIpc) is 3.55. The number of aromatic nitrogens is 4. The number of hydrazine groups is 1. The highest BCUT2D eigenvalue weighted by Gasteiger charge is 2.29. The molecule has 1 aliphatic heterocycles. The van der Waals surface area contributed by atoms with Crippen LogP contribution in [0.1, 0.15) is 18.9 Å². The molecule has 3 aromatic carbocycles. The van der Waals surface area contributed by atoms with Crippen LogP contribution >= 0.6 is 11.8 Å². The molecule has 0 amide bonds. The van der Waals surface area contributed by atoms with Gasteiger partial charge in [-0.3, -0.25) is 5.01 Å². The van der Waals surface area contributed by atoms with E-state index in [1.54, 1.807) is 30.3 Å². The number of H-pyrrole nitrogens is 1. The molecule has 178 valence electrons. The third-order valence-electron chi connectivity index (χ3n) is 5.51. The standard InChI is InChI=1S/C24H23N7O2S2/c1-2-22-27-31(24(34-22)28-35(32,33)19-8-4-3-5-9-19)16-17-12-14-18(15-13-17)20-10-6-7-11-21(20)23-25-29-30-26-23/h3-15,22,27H,2,16H2,1H3,(H,25,26,29,30). The van der Waals surface area contributed by atoms with Gasteiger partial charge in [0.25, 0.3) is 10.0 Å². The lowest BCUT2D eigenvalue weighted by molar-refractivity contribution is 0.306. The smallest absolute Gasteiger partial charge is 0.280 e. The van der Waals surface area contributed by atoms with E-state index in [1.807, 2.05) is 60.5 Å². The van der Waals surface area contributed by atoms with Crippen LogP contribution in [0, 0.1) is 0 Å². The summed E-state index contributed by atoms with van der Waals surface area (Å²) in [5.41, 5.74) is 7.28. The zero-order valence-electron chi connectivity index (χ0n) is 18.9. The van der Waals surface area contributed by atoms with Gasteiger partial charge in [-0.15, -0.1) is 14.6 Å². The number of nitrogens with one attached hydrogen (secondary N) is 2. The van der Waals surface area contributed by atoms with E-state index in [9.17, 15) is 8.42 Å². The molecule has 0 radical (unpaired) electrons. The topological polar surface area (TPSA) is 116 Å². The Morgan fingerprint density at radius 2 is 1.69 bits per heavy atom. The lowest BCUT2D eigenvalue weighted by atomic mass is 9.98. The molecular formula is C24H23N7O2S2. The van der Waals surface area contributed by atoms with Gasteiger partial charge in [-0.1, -0.05) is 85.4 Å². The summed E-state index contributed by atoms with van der Waals surface area (Å²) in [5, 5.41) is 16.7. The number of amidine groups is 1. The molecule has 0 spiro atoms. The molecular weight excluding hydrogens is 482 g/mol. The number of nitrogens with zero attached hydrogens (tertiary/aromatic N) is 5. The van der Waals surface area contributed by atoms with Gasteiger partial charge in [-0.05, 0) is 40.5 Å². The fourth-order valence-electron chi connectivity index (χ4n) is 3.73. The van der Waals surface area contributed by atoms with Crippen molar-refractivity contribution in [3.8, 4) is 22.5 Å². The summed E-state index contributed by atoms with van der Waals surface area (Å²) in [6, 6.07) is 24.3. The predicted octanol–water partition coefficient (Wildman–Crippen LogP) is 4.07. The van der Waals surface area contributed by atoms with Crippen molar-refractivity contribution < 1.29 is 8.42 Å². The minimum Gasteiger partial charge on any atom is -0.280 e. The number of hydrogen-bond donors (Lipinski definition) is 2. The van der Waals surface area contributed by atoms with E-state index >= 15 is 0 Å². The quantitative estimate of drug-likeness (QED) is 0.386. The first-order chi connectivity index (χ1) is 17.0. The molecule has 1 unspecified atom stereocenters. The molecule has 1 atom stereocenters. The van der Waals surface area contributed by atoms with E-state index in [-0.39, 0.29) is 10.3 Å². The minimum absolute atomic E-state index is 0.0563. The van der Waals surface area contributed by atoms with E-state index < -0.39 is 10.0 Å². The van der Waals surface area contributed by atoms with Crippen LogP contribution in [0.3, 0.4) is 0 Å². The highest BCUT2D eigenvalue weighted by Crippen LogP contribution is 2.31. The van der Waals surface area contributed by atoms with Crippen LogP contribution in [0.2, 0.25) is 0 Å². The maximum Gasteiger partial charge on any atom is 0.284 e. The SMILES string of the molecule is CCC1NN(Cc2ccc(-c3ccccc3-c3nn[nH]n3)cc2)C(=NS(=O)(=O)c2ccccc2)S1. The van der Waals surface area contributed by atoms with E-state index in [4.69, 9.17) is 0 Å². The van der Waals surface area contributed by atoms with Gasteiger partial charge < -0.3 is 0 Å². The summed E-state index contributed by atoms with van der Waals surface area (Å²) in [5.74, 6) is 0.536. The Morgan fingerprint density at radius 1 is 0.971 bits per heavy atom. The molecule has 1 saturated heterocycles. The Morgan fingerprint density at radius 3 is 2.37 bits per heavy atom. The summed E-state index contributed by atoms with van der Waals surface area (Å²) in [6.07, 6.45) is 0.831. The summed E-state index contributed by atoms with van der Waals surface area (Å²) >= 11 is 1.42. The average molecular weight is 506 g/mol. The molecule has 1 fully saturated rings. The summed E-state index contributed by atoms with van der Waals surface area (Å²) in [7, 11) is -3.80. The maximum absolute atomic E-state index is 12.8. The minimum atomic E-state index is -3.80. The van der Waals surface area contributed by atoms with Gasteiger partial charge in [0.15, 0.2) is 5.17 Å². The van der Waals surface area contributed by atoms with Crippen LogP contribution < -0.4 is 5.43 Å². The third-order valence-corrected chi connectivity index (χ3v) is 8.15. The number of tetrazole rings is 1. The van der Waals surface area contributed by atoms with Gasteiger partial charge in [0.2, 0.25) is 5.82 Å². The Balaban J connectivity index is 1.39. The largest absolute Gasteiger partial charge is 0.284 e. The van der Waals surface area contributed by atoms with Crippen molar-refractivity contribution in [3.05, 3.63) is 84.4 Å². The lowest BCUT2D eigenvalue weighted by Gasteiger charge is -2.19. The number of benzene rings is 3. The Kier molecular flexibility index (Phi) is 6.62.